The number of rotatable bonds is 7. The van der Waals surface area contributed by atoms with E-state index in [4.69, 9.17) is 9.47 Å². The van der Waals surface area contributed by atoms with Gasteiger partial charge in [-0.05, 0) is 43.7 Å². The number of amides is 2. The Balaban J connectivity index is 1.74. The molecule has 1 aromatic carbocycles. The summed E-state index contributed by atoms with van der Waals surface area (Å²) in [5.74, 6) is -0.197. The Bertz CT molecular complexity index is 668. The molecule has 0 radical (unpaired) electrons. The molecule has 0 saturated heterocycles. The standard InChI is InChI=1S/C20H28N2O5/c1-14-8-10-15(11-9-14)22(2)18(23)13-27-19(24)12-21-20(25)16-6-4-5-7-17(16)26-3/h4-7,14-15H,8-13H2,1-3H3,(H,21,25). The molecule has 0 spiro atoms. The Labute approximate surface area is 160 Å². The molecule has 2 rings (SSSR count). The molecular formula is C20H28N2O5. The van der Waals surface area contributed by atoms with E-state index in [1.165, 1.54) is 7.11 Å². The van der Waals surface area contributed by atoms with Crippen molar-refractivity contribution >= 4 is 17.8 Å². The molecule has 0 bridgehead atoms. The summed E-state index contributed by atoms with van der Waals surface area (Å²) >= 11 is 0. The van der Waals surface area contributed by atoms with Crippen LogP contribution in [0, 0.1) is 5.92 Å². The van der Waals surface area contributed by atoms with Crippen molar-refractivity contribution in [1.29, 1.82) is 0 Å². The summed E-state index contributed by atoms with van der Waals surface area (Å²) in [5, 5.41) is 2.48. The molecule has 7 heteroatoms. The lowest BCUT2D eigenvalue weighted by Gasteiger charge is -2.33. The zero-order valence-corrected chi connectivity index (χ0v) is 16.2. The number of likely N-dealkylation sites (N-methyl/N-ethyl adjacent to an activating group) is 1. The lowest BCUT2D eigenvalue weighted by atomic mass is 9.87. The van der Waals surface area contributed by atoms with E-state index in [9.17, 15) is 14.4 Å². The highest BCUT2D eigenvalue weighted by Gasteiger charge is 2.25. The lowest BCUT2D eigenvalue weighted by Crippen LogP contribution is -2.42. The number of ether oxygens (including phenoxy) is 2. The van der Waals surface area contributed by atoms with Crippen LogP contribution in [0.1, 0.15) is 43.0 Å². The van der Waals surface area contributed by atoms with Gasteiger partial charge in [-0.3, -0.25) is 14.4 Å². The molecule has 1 aromatic rings. The molecule has 0 unspecified atom stereocenters. The molecule has 2 amide bonds. The highest BCUT2D eigenvalue weighted by molar-refractivity contribution is 5.98. The number of esters is 1. The second kappa shape index (κ2) is 9.94. The molecule has 148 valence electrons. The summed E-state index contributed by atoms with van der Waals surface area (Å²) < 4.78 is 10.1. The average molecular weight is 376 g/mol. The van der Waals surface area contributed by atoms with Gasteiger partial charge in [0, 0.05) is 13.1 Å². The minimum atomic E-state index is -0.655. The fourth-order valence-electron chi connectivity index (χ4n) is 3.21. The van der Waals surface area contributed by atoms with Crippen molar-refractivity contribution in [2.75, 3.05) is 27.3 Å². The Kier molecular flexibility index (Phi) is 7.64. The van der Waals surface area contributed by atoms with Gasteiger partial charge in [-0.2, -0.15) is 0 Å². The lowest BCUT2D eigenvalue weighted by molar-refractivity contribution is -0.151. The minimum absolute atomic E-state index is 0.206. The quantitative estimate of drug-likeness (QED) is 0.736. The number of carbonyl (C=O) groups excluding carboxylic acids is 3. The van der Waals surface area contributed by atoms with Gasteiger partial charge in [0.05, 0.1) is 12.7 Å². The van der Waals surface area contributed by atoms with Crippen LogP contribution in [-0.2, 0) is 14.3 Å². The van der Waals surface area contributed by atoms with Gasteiger partial charge in [-0.15, -0.1) is 0 Å². The second-order valence-electron chi connectivity index (χ2n) is 6.96. The van der Waals surface area contributed by atoms with Gasteiger partial charge >= 0.3 is 5.97 Å². The molecule has 1 aliphatic carbocycles. The number of hydrogen-bond donors (Lipinski definition) is 1. The zero-order chi connectivity index (χ0) is 19.8. The SMILES string of the molecule is COc1ccccc1C(=O)NCC(=O)OCC(=O)N(C)C1CCC(C)CC1. The van der Waals surface area contributed by atoms with Gasteiger partial charge in [0.1, 0.15) is 12.3 Å². The van der Waals surface area contributed by atoms with E-state index in [0.717, 1.165) is 25.7 Å². The highest BCUT2D eigenvalue weighted by Crippen LogP contribution is 2.26. The molecule has 1 N–H and O–H groups in total. The molecule has 1 fully saturated rings. The molecule has 7 nitrogen and oxygen atoms in total. The first kappa shape index (κ1) is 20.7. The smallest absolute Gasteiger partial charge is 0.325 e. The number of nitrogens with one attached hydrogen (secondary N) is 1. The van der Waals surface area contributed by atoms with E-state index in [-0.39, 0.29) is 25.1 Å². The van der Waals surface area contributed by atoms with Crippen molar-refractivity contribution in [3.05, 3.63) is 29.8 Å². The molecule has 0 aliphatic heterocycles. The molecular weight excluding hydrogens is 348 g/mol. The van der Waals surface area contributed by atoms with Crippen LogP contribution >= 0.6 is 0 Å². The number of benzene rings is 1. The number of carbonyl (C=O) groups is 3. The summed E-state index contributed by atoms with van der Waals surface area (Å²) in [6.45, 7) is 1.60. The normalized spacial score (nSPS) is 19.1. The van der Waals surface area contributed by atoms with Crippen LogP contribution in [-0.4, -0.2) is 56.0 Å². The van der Waals surface area contributed by atoms with Crippen molar-refractivity contribution < 1.29 is 23.9 Å². The molecule has 1 aliphatic rings. The van der Waals surface area contributed by atoms with E-state index < -0.39 is 11.9 Å². The minimum Gasteiger partial charge on any atom is -0.496 e. The Hall–Kier alpha value is -2.57. The Morgan fingerprint density at radius 3 is 2.48 bits per heavy atom. The predicted octanol–water partition coefficient (Wildman–Crippen LogP) is 2.01. The fourth-order valence-corrected chi connectivity index (χ4v) is 3.21. The Morgan fingerprint density at radius 2 is 1.81 bits per heavy atom. The summed E-state index contributed by atoms with van der Waals surface area (Å²) in [6.07, 6.45) is 4.17. The van der Waals surface area contributed by atoms with E-state index in [1.807, 2.05) is 0 Å². The summed E-state index contributed by atoms with van der Waals surface area (Å²) in [5.41, 5.74) is 0.329. The van der Waals surface area contributed by atoms with Crippen molar-refractivity contribution in [2.24, 2.45) is 5.92 Å². The van der Waals surface area contributed by atoms with Crippen LogP contribution in [0.4, 0.5) is 0 Å². The predicted molar refractivity (Wildman–Crippen MR) is 100 cm³/mol. The van der Waals surface area contributed by atoms with Crippen LogP contribution in [0.25, 0.3) is 0 Å². The fraction of sp³-hybridized carbons (Fsp3) is 0.550. The third-order valence-electron chi connectivity index (χ3n) is 5.03. The first-order chi connectivity index (χ1) is 12.9. The van der Waals surface area contributed by atoms with Gasteiger partial charge in [0.2, 0.25) is 0 Å². The summed E-state index contributed by atoms with van der Waals surface area (Å²) in [7, 11) is 3.22. The number of para-hydroxylation sites is 1. The molecule has 0 atom stereocenters. The van der Waals surface area contributed by atoms with Gasteiger partial charge in [0.15, 0.2) is 6.61 Å². The van der Waals surface area contributed by atoms with Crippen LogP contribution in [0.3, 0.4) is 0 Å². The van der Waals surface area contributed by atoms with Crippen molar-refractivity contribution in [1.82, 2.24) is 10.2 Å². The van der Waals surface area contributed by atoms with Gasteiger partial charge in [0.25, 0.3) is 11.8 Å². The number of methoxy groups -OCH3 is 1. The van der Waals surface area contributed by atoms with Gasteiger partial charge in [-0.1, -0.05) is 19.1 Å². The third-order valence-corrected chi connectivity index (χ3v) is 5.03. The monoisotopic (exact) mass is 376 g/mol. The van der Waals surface area contributed by atoms with Crippen molar-refractivity contribution in [3.63, 3.8) is 0 Å². The Morgan fingerprint density at radius 1 is 1.15 bits per heavy atom. The first-order valence-electron chi connectivity index (χ1n) is 9.24. The molecule has 27 heavy (non-hydrogen) atoms. The average Bonchev–Trinajstić information content (AvgIpc) is 2.70. The maximum absolute atomic E-state index is 12.2. The summed E-state index contributed by atoms with van der Waals surface area (Å²) in [4.78, 5) is 37.9. The van der Waals surface area contributed by atoms with Crippen LogP contribution < -0.4 is 10.1 Å². The van der Waals surface area contributed by atoms with E-state index in [1.54, 1.807) is 36.2 Å². The maximum atomic E-state index is 12.2. The van der Waals surface area contributed by atoms with Crippen molar-refractivity contribution in [2.45, 2.75) is 38.6 Å². The molecule has 1 saturated carbocycles. The van der Waals surface area contributed by atoms with E-state index in [2.05, 4.69) is 12.2 Å². The van der Waals surface area contributed by atoms with Crippen molar-refractivity contribution in [3.8, 4) is 5.75 Å². The maximum Gasteiger partial charge on any atom is 0.325 e. The van der Waals surface area contributed by atoms with E-state index in [0.29, 0.717) is 17.2 Å². The molecule has 0 heterocycles. The highest BCUT2D eigenvalue weighted by atomic mass is 16.5. The first-order valence-corrected chi connectivity index (χ1v) is 9.24. The zero-order valence-electron chi connectivity index (χ0n) is 16.2. The number of hydrogen-bond acceptors (Lipinski definition) is 5. The topological polar surface area (TPSA) is 84.9 Å². The van der Waals surface area contributed by atoms with E-state index >= 15 is 0 Å². The second-order valence-corrected chi connectivity index (χ2v) is 6.96. The third kappa shape index (κ3) is 5.98. The van der Waals surface area contributed by atoms with Gasteiger partial charge in [-0.25, -0.2) is 0 Å². The largest absolute Gasteiger partial charge is 0.496 e. The van der Waals surface area contributed by atoms with Gasteiger partial charge < -0.3 is 19.7 Å². The number of nitrogens with zero attached hydrogens (tertiary/aromatic N) is 1. The molecule has 0 aromatic heterocycles. The van der Waals surface area contributed by atoms with Crippen LogP contribution in [0.5, 0.6) is 5.75 Å². The van der Waals surface area contributed by atoms with Crippen LogP contribution in [0.2, 0.25) is 0 Å². The van der Waals surface area contributed by atoms with Crippen LogP contribution in [0.15, 0.2) is 24.3 Å². The summed E-state index contributed by atoms with van der Waals surface area (Å²) in [6, 6.07) is 6.92.